The highest BCUT2D eigenvalue weighted by Crippen LogP contribution is 2.22. The van der Waals surface area contributed by atoms with Gasteiger partial charge in [0.2, 0.25) is 0 Å². The molecule has 0 fully saturated rings. The van der Waals surface area contributed by atoms with Crippen LogP contribution in [0.1, 0.15) is 17.0 Å². The standard InChI is InChI=1S/C16H12ClF2N5O/c1-7-12(19)6-20-8(2)13(7)22-16(25)11(18)5-9-3-4-10-14(17)23-24-15(10)21-9/h3-6H,1-2H3,(H,22,25)(H,21,23,24)/b11-5-. The summed E-state index contributed by atoms with van der Waals surface area (Å²) in [6, 6.07) is 3.10. The van der Waals surface area contributed by atoms with Crippen molar-refractivity contribution in [1.82, 2.24) is 20.2 Å². The monoisotopic (exact) mass is 363 g/mol. The van der Waals surface area contributed by atoms with E-state index < -0.39 is 17.6 Å². The number of nitrogens with zero attached hydrogens (tertiary/aromatic N) is 3. The lowest BCUT2D eigenvalue weighted by atomic mass is 10.2. The number of aryl methyl sites for hydroxylation is 1. The number of aromatic nitrogens is 4. The van der Waals surface area contributed by atoms with Crippen molar-refractivity contribution in [2.24, 2.45) is 0 Å². The van der Waals surface area contributed by atoms with Gasteiger partial charge in [0.15, 0.2) is 16.6 Å². The maximum Gasteiger partial charge on any atom is 0.284 e. The third-order valence-corrected chi connectivity index (χ3v) is 3.88. The molecule has 0 atom stereocenters. The van der Waals surface area contributed by atoms with Crippen molar-refractivity contribution in [2.45, 2.75) is 13.8 Å². The number of rotatable bonds is 3. The van der Waals surface area contributed by atoms with Crippen LogP contribution in [0, 0.1) is 19.7 Å². The Hall–Kier alpha value is -2.87. The third kappa shape index (κ3) is 3.34. The summed E-state index contributed by atoms with van der Waals surface area (Å²) >= 11 is 5.84. The van der Waals surface area contributed by atoms with Crippen LogP contribution in [-0.2, 0) is 4.79 Å². The molecule has 0 saturated carbocycles. The van der Waals surface area contributed by atoms with Crippen molar-refractivity contribution in [3.05, 3.63) is 52.1 Å². The van der Waals surface area contributed by atoms with Gasteiger partial charge in [-0.3, -0.25) is 14.9 Å². The van der Waals surface area contributed by atoms with Crippen LogP contribution in [-0.4, -0.2) is 26.1 Å². The number of anilines is 1. The quantitative estimate of drug-likeness (QED) is 0.695. The number of fused-ring (bicyclic) bond motifs is 1. The van der Waals surface area contributed by atoms with Gasteiger partial charge >= 0.3 is 0 Å². The topological polar surface area (TPSA) is 83.6 Å². The van der Waals surface area contributed by atoms with Crippen LogP contribution in [0.3, 0.4) is 0 Å². The van der Waals surface area contributed by atoms with Gasteiger partial charge in [-0.2, -0.15) is 5.10 Å². The van der Waals surface area contributed by atoms with E-state index in [9.17, 15) is 13.6 Å². The molecule has 6 nitrogen and oxygen atoms in total. The summed E-state index contributed by atoms with van der Waals surface area (Å²) in [4.78, 5) is 19.9. The van der Waals surface area contributed by atoms with E-state index in [4.69, 9.17) is 11.6 Å². The van der Waals surface area contributed by atoms with Crippen molar-refractivity contribution in [3.8, 4) is 0 Å². The lowest BCUT2D eigenvalue weighted by Crippen LogP contribution is -2.15. The van der Waals surface area contributed by atoms with Gasteiger partial charge in [-0.1, -0.05) is 11.6 Å². The zero-order valence-electron chi connectivity index (χ0n) is 13.2. The minimum Gasteiger partial charge on any atom is -0.318 e. The first-order valence-electron chi connectivity index (χ1n) is 7.17. The zero-order valence-corrected chi connectivity index (χ0v) is 13.9. The number of nitrogens with one attached hydrogen (secondary N) is 2. The van der Waals surface area contributed by atoms with Crippen LogP contribution in [0.4, 0.5) is 14.5 Å². The minimum absolute atomic E-state index is 0.136. The number of halogens is 3. The first-order chi connectivity index (χ1) is 11.9. The van der Waals surface area contributed by atoms with E-state index in [1.54, 1.807) is 13.0 Å². The average Bonchev–Trinajstić information content (AvgIpc) is 2.95. The van der Waals surface area contributed by atoms with Crippen molar-refractivity contribution in [3.63, 3.8) is 0 Å². The molecule has 0 aliphatic rings. The van der Waals surface area contributed by atoms with E-state index in [-0.39, 0.29) is 22.1 Å². The fourth-order valence-corrected chi connectivity index (χ4v) is 2.42. The normalized spacial score (nSPS) is 11.8. The number of aromatic amines is 1. The van der Waals surface area contributed by atoms with Crippen LogP contribution in [0.5, 0.6) is 0 Å². The summed E-state index contributed by atoms with van der Waals surface area (Å²) in [5.74, 6) is -2.70. The number of carbonyl (C=O) groups is 1. The molecule has 0 aliphatic heterocycles. The van der Waals surface area contributed by atoms with Crippen molar-refractivity contribution < 1.29 is 13.6 Å². The van der Waals surface area contributed by atoms with Crippen molar-refractivity contribution in [2.75, 3.05) is 5.32 Å². The summed E-state index contributed by atoms with van der Waals surface area (Å²) < 4.78 is 27.7. The Morgan fingerprint density at radius 1 is 1.36 bits per heavy atom. The van der Waals surface area contributed by atoms with Gasteiger partial charge in [0.05, 0.1) is 28.7 Å². The number of hydrogen-bond acceptors (Lipinski definition) is 4. The number of pyridine rings is 2. The van der Waals surface area contributed by atoms with Crippen molar-refractivity contribution in [1.29, 1.82) is 0 Å². The third-order valence-electron chi connectivity index (χ3n) is 3.60. The van der Waals surface area contributed by atoms with Gasteiger partial charge in [0.1, 0.15) is 5.82 Å². The lowest BCUT2D eigenvalue weighted by Gasteiger charge is -2.10. The summed E-state index contributed by atoms with van der Waals surface area (Å²) in [6.07, 6.45) is 2.00. The highest BCUT2D eigenvalue weighted by Gasteiger charge is 2.15. The summed E-state index contributed by atoms with van der Waals surface area (Å²) in [5, 5.41) is 9.53. The molecule has 0 radical (unpaired) electrons. The molecule has 0 aromatic carbocycles. The zero-order chi connectivity index (χ0) is 18.1. The van der Waals surface area contributed by atoms with E-state index in [2.05, 4.69) is 25.5 Å². The molecule has 128 valence electrons. The SMILES string of the molecule is Cc1ncc(F)c(C)c1NC(=O)/C(F)=C/c1ccc2c(Cl)n[nH]c2n1. The van der Waals surface area contributed by atoms with Crippen LogP contribution in [0.2, 0.25) is 5.15 Å². The number of carbonyl (C=O) groups excluding carboxylic acids is 1. The molecule has 2 N–H and O–H groups in total. The first-order valence-corrected chi connectivity index (χ1v) is 7.55. The lowest BCUT2D eigenvalue weighted by molar-refractivity contribution is -0.114. The van der Waals surface area contributed by atoms with Gasteiger partial charge in [0, 0.05) is 11.6 Å². The number of H-pyrrole nitrogens is 1. The van der Waals surface area contributed by atoms with Gasteiger partial charge < -0.3 is 5.32 Å². The Morgan fingerprint density at radius 3 is 2.88 bits per heavy atom. The molecule has 1 amide bonds. The molecular formula is C16H12ClF2N5O. The predicted octanol–water partition coefficient (Wildman–Crippen LogP) is 3.71. The average molecular weight is 364 g/mol. The highest BCUT2D eigenvalue weighted by atomic mass is 35.5. The van der Waals surface area contributed by atoms with Crippen LogP contribution < -0.4 is 5.32 Å². The Labute approximate surface area is 145 Å². The van der Waals surface area contributed by atoms with Crippen LogP contribution >= 0.6 is 11.6 Å². The Bertz CT molecular complexity index is 1020. The molecule has 0 spiro atoms. The smallest absolute Gasteiger partial charge is 0.284 e. The van der Waals surface area contributed by atoms with Gasteiger partial charge in [0.25, 0.3) is 5.91 Å². The van der Waals surface area contributed by atoms with Gasteiger partial charge in [-0.15, -0.1) is 0 Å². The fourth-order valence-electron chi connectivity index (χ4n) is 2.23. The van der Waals surface area contributed by atoms with E-state index in [0.717, 1.165) is 12.3 Å². The Kier molecular flexibility index (Phi) is 4.45. The van der Waals surface area contributed by atoms with E-state index in [1.165, 1.54) is 13.0 Å². The van der Waals surface area contributed by atoms with E-state index in [1.807, 2.05) is 0 Å². The summed E-state index contributed by atoms with van der Waals surface area (Å²) in [5.41, 5.74) is 1.27. The van der Waals surface area contributed by atoms with E-state index >= 15 is 0 Å². The number of amides is 1. The summed E-state index contributed by atoms with van der Waals surface area (Å²) in [7, 11) is 0. The molecule has 0 bridgehead atoms. The molecule has 3 rings (SSSR count). The first kappa shape index (κ1) is 17.0. The Balaban J connectivity index is 1.86. The maximum atomic E-state index is 14.2. The van der Waals surface area contributed by atoms with E-state index in [0.29, 0.717) is 16.7 Å². The van der Waals surface area contributed by atoms with Crippen LogP contribution in [0.25, 0.3) is 17.1 Å². The largest absolute Gasteiger partial charge is 0.318 e. The second-order valence-corrected chi connectivity index (χ2v) is 5.64. The maximum absolute atomic E-state index is 14.2. The molecule has 0 unspecified atom stereocenters. The molecule has 9 heteroatoms. The molecule has 25 heavy (non-hydrogen) atoms. The highest BCUT2D eigenvalue weighted by molar-refractivity contribution is 6.34. The second-order valence-electron chi connectivity index (χ2n) is 5.28. The molecule has 3 heterocycles. The molecule has 3 aromatic heterocycles. The minimum atomic E-state index is -1.08. The predicted molar refractivity (Wildman–Crippen MR) is 90.3 cm³/mol. The Morgan fingerprint density at radius 2 is 2.12 bits per heavy atom. The molecule has 0 aliphatic carbocycles. The van der Waals surface area contributed by atoms with Crippen molar-refractivity contribution >= 4 is 40.3 Å². The number of hydrogen-bond donors (Lipinski definition) is 2. The summed E-state index contributed by atoms with van der Waals surface area (Å²) in [6.45, 7) is 3.06. The second kappa shape index (κ2) is 6.56. The molecular weight excluding hydrogens is 352 g/mol. The van der Waals surface area contributed by atoms with Gasteiger partial charge in [-0.05, 0) is 26.0 Å². The van der Waals surface area contributed by atoms with Gasteiger partial charge in [-0.25, -0.2) is 13.8 Å². The molecule has 3 aromatic rings. The fraction of sp³-hybridized carbons (Fsp3) is 0.125. The molecule has 0 saturated heterocycles. The van der Waals surface area contributed by atoms with Crippen LogP contribution in [0.15, 0.2) is 24.2 Å².